The van der Waals surface area contributed by atoms with Crippen LogP contribution in [0.1, 0.15) is 62.5 Å². The average molecular weight is 382 g/mol. The molecule has 0 aromatic carbocycles. The molecule has 0 amide bonds. The Morgan fingerprint density at radius 1 is 1.04 bits per heavy atom. The number of hydrogen-bond acceptors (Lipinski definition) is 4. The monoisotopic (exact) mass is 381 g/mol. The molecule has 2 aromatic heterocycles. The van der Waals surface area contributed by atoms with Gasteiger partial charge in [-0.2, -0.15) is 0 Å². The van der Waals surface area contributed by atoms with Crippen molar-refractivity contribution in [1.29, 1.82) is 0 Å². The fraction of sp³-hybridized carbons (Fsp3) is 0.625. The predicted octanol–water partition coefficient (Wildman–Crippen LogP) is 4.89. The van der Waals surface area contributed by atoms with Crippen LogP contribution in [0.15, 0.2) is 41.1 Å². The highest BCUT2D eigenvalue weighted by molar-refractivity contribution is 5.10. The Morgan fingerprint density at radius 3 is 2.50 bits per heavy atom. The molecule has 2 aliphatic rings. The van der Waals surface area contributed by atoms with Gasteiger partial charge in [-0.25, -0.2) is 0 Å². The molecule has 4 nitrogen and oxygen atoms in total. The van der Waals surface area contributed by atoms with Crippen LogP contribution in [0.3, 0.4) is 0 Å². The summed E-state index contributed by atoms with van der Waals surface area (Å²) in [6.45, 7) is 7.70. The van der Waals surface area contributed by atoms with Crippen LogP contribution in [-0.4, -0.2) is 40.5 Å². The van der Waals surface area contributed by atoms with Crippen molar-refractivity contribution in [3.8, 4) is 0 Å². The molecule has 4 rings (SSSR count). The maximum Gasteiger partial charge on any atom is 0.118 e. The number of likely N-dealkylation sites (tertiary alicyclic amines) is 1. The molecule has 152 valence electrons. The quantitative estimate of drug-likeness (QED) is 0.651. The molecule has 1 saturated carbocycles. The Labute approximate surface area is 169 Å². The van der Waals surface area contributed by atoms with Gasteiger partial charge in [0.2, 0.25) is 0 Å². The second-order valence-corrected chi connectivity index (χ2v) is 8.67. The summed E-state index contributed by atoms with van der Waals surface area (Å²) in [6.07, 6.45) is 13.2. The summed E-state index contributed by atoms with van der Waals surface area (Å²) >= 11 is 0. The highest BCUT2D eigenvalue weighted by Gasteiger charge is 2.28. The second kappa shape index (κ2) is 9.71. The van der Waals surface area contributed by atoms with Crippen LogP contribution < -0.4 is 0 Å². The summed E-state index contributed by atoms with van der Waals surface area (Å²) in [4.78, 5) is 9.64. The lowest BCUT2D eigenvalue weighted by Gasteiger charge is -2.37. The van der Waals surface area contributed by atoms with Gasteiger partial charge in [-0.15, -0.1) is 0 Å². The Kier molecular flexibility index (Phi) is 6.81. The van der Waals surface area contributed by atoms with Gasteiger partial charge in [0.05, 0.1) is 6.54 Å². The van der Waals surface area contributed by atoms with Crippen molar-refractivity contribution in [2.24, 2.45) is 5.92 Å². The zero-order valence-electron chi connectivity index (χ0n) is 17.4. The molecule has 1 saturated heterocycles. The van der Waals surface area contributed by atoms with E-state index in [9.17, 15) is 0 Å². The summed E-state index contributed by atoms with van der Waals surface area (Å²) in [5.41, 5.74) is 1.29. The topological polar surface area (TPSA) is 32.5 Å². The molecule has 3 heterocycles. The Bertz CT molecular complexity index is 700. The van der Waals surface area contributed by atoms with Crippen LogP contribution in [0.2, 0.25) is 0 Å². The van der Waals surface area contributed by atoms with Crippen LogP contribution in [-0.2, 0) is 19.5 Å². The molecule has 2 aromatic rings. The molecule has 0 radical (unpaired) electrons. The minimum absolute atomic E-state index is 0.787. The molecule has 28 heavy (non-hydrogen) atoms. The standard InChI is InChI=1S/C24H35N3O/c1-2-23-9-10-24(28-23)19-26(18-21-6-5-13-25-16-21)17-20-11-14-27(15-12-20)22-7-3-4-8-22/h5-6,9-10,13,16,20,22H,2-4,7-8,11-12,14-15,17-19H2,1H3. The van der Waals surface area contributed by atoms with E-state index in [0.29, 0.717) is 0 Å². The lowest BCUT2D eigenvalue weighted by Crippen LogP contribution is -2.42. The zero-order chi connectivity index (χ0) is 19.2. The molecule has 0 N–H and O–H groups in total. The number of rotatable bonds is 8. The lowest BCUT2D eigenvalue weighted by molar-refractivity contribution is 0.104. The van der Waals surface area contributed by atoms with E-state index in [4.69, 9.17) is 4.42 Å². The maximum absolute atomic E-state index is 6.01. The fourth-order valence-corrected chi connectivity index (χ4v) is 4.99. The first-order chi connectivity index (χ1) is 13.8. The molecule has 1 aliphatic carbocycles. The third-order valence-corrected chi connectivity index (χ3v) is 6.58. The SMILES string of the molecule is CCc1ccc(CN(Cc2cccnc2)CC2CCN(C3CCCC3)CC2)o1. The number of aromatic nitrogens is 1. The van der Waals surface area contributed by atoms with Crippen LogP contribution in [0, 0.1) is 5.92 Å². The van der Waals surface area contributed by atoms with Crippen LogP contribution in [0.5, 0.6) is 0 Å². The number of furan rings is 1. The van der Waals surface area contributed by atoms with Crippen molar-refractivity contribution < 1.29 is 4.42 Å². The normalized spacial score (nSPS) is 19.6. The fourth-order valence-electron chi connectivity index (χ4n) is 4.99. The van der Waals surface area contributed by atoms with Crippen LogP contribution >= 0.6 is 0 Å². The van der Waals surface area contributed by atoms with Gasteiger partial charge in [0.1, 0.15) is 11.5 Å². The van der Waals surface area contributed by atoms with Crippen molar-refractivity contribution in [3.63, 3.8) is 0 Å². The summed E-state index contributed by atoms with van der Waals surface area (Å²) in [5, 5.41) is 0. The first-order valence-electron chi connectivity index (χ1n) is 11.2. The van der Waals surface area contributed by atoms with E-state index in [1.807, 2.05) is 18.5 Å². The minimum Gasteiger partial charge on any atom is -0.465 e. The molecule has 1 aliphatic heterocycles. The largest absolute Gasteiger partial charge is 0.465 e. The molecule has 4 heteroatoms. The third-order valence-electron chi connectivity index (χ3n) is 6.58. The van der Waals surface area contributed by atoms with Gasteiger partial charge in [0.15, 0.2) is 0 Å². The summed E-state index contributed by atoms with van der Waals surface area (Å²) in [5.74, 6) is 2.96. The van der Waals surface area contributed by atoms with Crippen LogP contribution in [0.4, 0.5) is 0 Å². The smallest absolute Gasteiger partial charge is 0.118 e. The van der Waals surface area contributed by atoms with E-state index in [1.165, 1.54) is 57.2 Å². The van der Waals surface area contributed by atoms with E-state index >= 15 is 0 Å². The van der Waals surface area contributed by atoms with Crippen molar-refractivity contribution in [2.75, 3.05) is 19.6 Å². The number of pyridine rings is 1. The highest BCUT2D eigenvalue weighted by atomic mass is 16.3. The van der Waals surface area contributed by atoms with Gasteiger partial charge in [0, 0.05) is 37.9 Å². The highest BCUT2D eigenvalue weighted by Crippen LogP contribution is 2.28. The molecular weight excluding hydrogens is 346 g/mol. The van der Waals surface area contributed by atoms with Gasteiger partial charge in [0.25, 0.3) is 0 Å². The summed E-state index contributed by atoms with van der Waals surface area (Å²) in [7, 11) is 0. The maximum atomic E-state index is 6.01. The van der Waals surface area contributed by atoms with Gasteiger partial charge < -0.3 is 9.32 Å². The van der Waals surface area contributed by atoms with Gasteiger partial charge in [-0.05, 0) is 68.5 Å². The van der Waals surface area contributed by atoms with Crippen molar-refractivity contribution in [1.82, 2.24) is 14.8 Å². The minimum atomic E-state index is 0.787. The van der Waals surface area contributed by atoms with Crippen molar-refractivity contribution >= 4 is 0 Å². The van der Waals surface area contributed by atoms with Crippen molar-refractivity contribution in [3.05, 3.63) is 53.7 Å². The van der Waals surface area contributed by atoms with Crippen LogP contribution in [0.25, 0.3) is 0 Å². The Hall–Kier alpha value is -1.65. The predicted molar refractivity (Wildman–Crippen MR) is 113 cm³/mol. The number of aryl methyl sites for hydroxylation is 1. The number of hydrogen-bond donors (Lipinski definition) is 0. The second-order valence-electron chi connectivity index (χ2n) is 8.67. The van der Waals surface area contributed by atoms with E-state index < -0.39 is 0 Å². The van der Waals surface area contributed by atoms with E-state index in [-0.39, 0.29) is 0 Å². The third kappa shape index (κ3) is 5.24. The first-order valence-corrected chi connectivity index (χ1v) is 11.2. The van der Waals surface area contributed by atoms with Gasteiger partial charge in [-0.1, -0.05) is 25.8 Å². The Morgan fingerprint density at radius 2 is 1.82 bits per heavy atom. The number of nitrogens with zero attached hydrogens (tertiary/aromatic N) is 3. The van der Waals surface area contributed by atoms with Gasteiger partial charge in [-0.3, -0.25) is 9.88 Å². The first kappa shape index (κ1) is 19.7. The molecule has 0 atom stereocenters. The average Bonchev–Trinajstić information content (AvgIpc) is 3.41. The summed E-state index contributed by atoms with van der Waals surface area (Å²) in [6, 6.07) is 9.37. The van der Waals surface area contributed by atoms with Crippen molar-refractivity contribution in [2.45, 2.75) is 71.0 Å². The van der Waals surface area contributed by atoms with Gasteiger partial charge >= 0.3 is 0 Å². The zero-order valence-corrected chi connectivity index (χ0v) is 17.4. The van der Waals surface area contributed by atoms with E-state index in [2.05, 4.69) is 39.9 Å². The molecule has 2 fully saturated rings. The molecule has 0 unspecified atom stereocenters. The number of piperidine rings is 1. The molecule has 0 spiro atoms. The summed E-state index contributed by atoms with van der Waals surface area (Å²) < 4.78 is 6.01. The lowest BCUT2D eigenvalue weighted by atomic mass is 9.94. The Balaban J connectivity index is 1.35. The molecule has 0 bridgehead atoms. The van der Waals surface area contributed by atoms with E-state index in [1.54, 1.807) is 0 Å². The van der Waals surface area contributed by atoms with E-state index in [0.717, 1.165) is 49.5 Å². The molecular formula is C24H35N3O.